The summed E-state index contributed by atoms with van der Waals surface area (Å²) in [5.74, 6) is -1.09. The van der Waals surface area contributed by atoms with E-state index >= 15 is 0 Å². The van der Waals surface area contributed by atoms with E-state index < -0.39 is 22.0 Å². The summed E-state index contributed by atoms with van der Waals surface area (Å²) in [7, 11) is -3.68. The summed E-state index contributed by atoms with van der Waals surface area (Å²) < 4.78 is 26.9. The van der Waals surface area contributed by atoms with Crippen LogP contribution < -0.4 is 4.72 Å². The summed E-state index contributed by atoms with van der Waals surface area (Å²) in [6.07, 6.45) is 3.70. The molecule has 0 spiro atoms. The van der Waals surface area contributed by atoms with Crippen LogP contribution in [0.25, 0.3) is 0 Å². The minimum absolute atomic E-state index is 0.0764. The minimum atomic E-state index is -3.68. The van der Waals surface area contributed by atoms with E-state index in [-0.39, 0.29) is 11.4 Å². The Morgan fingerprint density at radius 2 is 2.41 bits per heavy atom. The van der Waals surface area contributed by atoms with Gasteiger partial charge in [-0.05, 0) is 6.92 Å². The Hall–Kier alpha value is -1.67. The maximum absolute atomic E-state index is 11.7. The van der Waals surface area contributed by atoms with Crippen LogP contribution in [-0.2, 0) is 21.4 Å². The molecule has 1 atom stereocenters. The Bertz CT molecular complexity index is 520. The van der Waals surface area contributed by atoms with Gasteiger partial charge in [0.2, 0.25) is 10.0 Å². The molecule has 0 aliphatic heterocycles. The average molecular weight is 259 g/mol. The van der Waals surface area contributed by atoms with Gasteiger partial charge in [0.05, 0.1) is 6.20 Å². The molecule has 0 bridgehead atoms. The summed E-state index contributed by atoms with van der Waals surface area (Å²) in [5.41, 5.74) is 0. The molecule has 1 rings (SSSR count). The first-order chi connectivity index (χ1) is 7.85. The molecule has 1 unspecified atom stereocenters. The normalized spacial score (nSPS) is 13.2. The fourth-order valence-corrected chi connectivity index (χ4v) is 2.24. The van der Waals surface area contributed by atoms with Crippen molar-refractivity contribution in [1.82, 2.24) is 14.5 Å². The second-order valence-electron chi connectivity index (χ2n) is 3.41. The van der Waals surface area contributed by atoms with E-state index in [4.69, 9.17) is 5.11 Å². The molecule has 1 aromatic rings. The highest BCUT2D eigenvalue weighted by atomic mass is 32.2. The zero-order chi connectivity index (χ0) is 13.1. The van der Waals surface area contributed by atoms with E-state index in [9.17, 15) is 13.2 Å². The van der Waals surface area contributed by atoms with E-state index in [0.29, 0.717) is 0 Å². The number of hydrogen-bond donors (Lipinski definition) is 2. The SMILES string of the molecule is C=CC(C)NS(=O)(=O)c1cnn(CC(=O)O)c1. The second kappa shape index (κ2) is 5.11. The van der Waals surface area contributed by atoms with E-state index in [1.807, 2.05) is 0 Å². The van der Waals surface area contributed by atoms with Crippen LogP contribution in [0.5, 0.6) is 0 Å². The molecule has 1 heterocycles. The van der Waals surface area contributed by atoms with Crippen LogP contribution in [-0.4, -0.2) is 35.3 Å². The third-order valence-electron chi connectivity index (χ3n) is 1.91. The van der Waals surface area contributed by atoms with Crippen molar-refractivity contribution >= 4 is 16.0 Å². The number of carboxylic acid groups (broad SMARTS) is 1. The summed E-state index contributed by atoms with van der Waals surface area (Å²) in [4.78, 5) is 10.3. The molecule has 0 amide bonds. The van der Waals surface area contributed by atoms with Gasteiger partial charge in [-0.15, -0.1) is 6.58 Å². The Kier molecular flexibility index (Phi) is 4.02. The maximum atomic E-state index is 11.7. The monoisotopic (exact) mass is 259 g/mol. The lowest BCUT2D eigenvalue weighted by Crippen LogP contribution is -2.30. The Balaban J connectivity index is 2.88. The molecule has 0 saturated heterocycles. The van der Waals surface area contributed by atoms with E-state index in [2.05, 4.69) is 16.4 Å². The molecule has 0 aliphatic carbocycles. The highest BCUT2D eigenvalue weighted by Crippen LogP contribution is 2.07. The van der Waals surface area contributed by atoms with Crippen LogP contribution in [0.2, 0.25) is 0 Å². The number of hydrogen-bond acceptors (Lipinski definition) is 4. The predicted molar refractivity (Wildman–Crippen MR) is 59.8 cm³/mol. The number of aromatic nitrogens is 2. The third kappa shape index (κ3) is 3.68. The maximum Gasteiger partial charge on any atom is 0.325 e. The molecule has 0 saturated carbocycles. The molecular weight excluding hydrogens is 246 g/mol. The van der Waals surface area contributed by atoms with Crippen molar-refractivity contribution in [2.45, 2.75) is 24.4 Å². The van der Waals surface area contributed by atoms with Crippen LogP contribution in [0.15, 0.2) is 29.9 Å². The fourth-order valence-electron chi connectivity index (χ4n) is 1.07. The first-order valence-electron chi connectivity index (χ1n) is 4.74. The van der Waals surface area contributed by atoms with Gasteiger partial charge in [-0.25, -0.2) is 13.1 Å². The molecule has 2 N–H and O–H groups in total. The first-order valence-corrected chi connectivity index (χ1v) is 6.22. The van der Waals surface area contributed by atoms with Gasteiger partial charge in [-0.2, -0.15) is 5.10 Å². The van der Waals surface area contributed by atoms with Crippen molar-refractivity contribution in [3.05, 3.63) is 25.0 Å². The predicted octanol–water partition coefficient (Wildman–Crippen LogP) is -0.179. The summed E-state index contributed by atoms with van der Waals surface area (Å²) in [5, 5.41) is 12.2. The van der Waals surface area contributed by atoms with Crippen molar-refractivity contribution < 1.29 is 18.3 Å². The van der Waals surface area contributed by atoms with Crippen molar-refractivity contribution in [3.8, 4) is 0 Å². The summed E-state index contributed by atoms with van der Waals surface area (Å²) in [6, 6.07) is -0.414. The standard InChI is InChI=1S/C9H13N3O4S/c1-3-7(2)11-17(15,16)8-4-10-12(5-8)6-9(13)14/h3-5,7,11H,1,6H2,2H3,(H,13,14). The average Bonchev–Trinajstić information content (AvgIpc) is 2.65. The number of rotatable bonds is 6. The van der Waals surface area contributed by atoms with Gasteiger partial charge in [0.1, 0.15) is 11.4 Å². The van der Waals surface area contributed by atoms with Gasteiger partial charge in [0.15, 0.2) is 0 Å². The molecule has 0 radical (unpaired) electrons. The fraction of sp³-hybridized carbons (Fsp3) is 0.333. The van der Waals surface area contributed by atoms with E-state index in [1.54, 1.807) is 6.92 Å². The smallest absolute Gasteiger partial charge is 0.325 e. The van der Waals surface area contributed by atoms with Crippen LogP contribution in [0.1, 0.15) is 6.92 Å². The molecule has 1 aromatic heterocycles. The van der Waals surface area contributed by atoms with Gasteiger partial charge < -0.3 is 5.11 Å². The van der Waals surface area contributed by atoms with Crippen molar-refractivity contribution in [3.63, 3.8) is 0 Å². The van der Waals surface area contributed by atoms with Gasteiger partial charge in [-0.1, -0.05) is 6.08 Å². The number of aliphatic carboxylic acids is 1. The number of carboxylic acids is 1. The van der Waals surface area contributed by atoms with Crippen LogP contribution in [0.4, 0.5) is 0 Å². The number of sulfonamides is 1. The van der Waals surface area contributed by atoms with Crippen LogP contribution in [0.3, 0.4) is 0 Å². The highest BCUT2D eigenvalue weighted by Gasteiger charge is 2.18. The largest absolute Gasteiger partial charge is 0.480 e. The zero-order valence-corrected chi connectivity index (χ0v) is 10.0. The molecule has 0 aromatic carbocycles. The van der Waals surface area contributed by atoms with Crippen LogP contribution in [0, 0.1) is 0 Å². The molecule has 17 heavy (non-hydrogen) atoms. The third-order valence-corrected chi connectivity index (χ3v) is 3.43. The molecule has 0 aliphatic rings. The Morgan fingerprint density at radius 3 is 2.94 bits per heavy atom. The van der Waals surface area contributed by atoms with Gasteiger partial charge in [0.25, 0.3) is 0 Å². The van der Waals surface area contributed by atoms with Gasteiger partial charge >= 0.3 is 5.97 Å². The van der Waals surface area contributed by atoms with Crippen molar-refractivity contribution in [1.29, 1.82) is 0 Å². The van der Waals surface area contributed by atoms with Crippen molar-refractivity contribution in [2.75, 3.05) is 0 Å². The number of nitrogens with one attached hydrogen (secondary N) is 1. The minimum Gasteiger partial charge on any atom is -0.480 e. The second-order valence-corrected chi connectivity index (χ2v) is 5.13. The zero-order valence-electron chi connectivity index (χ0n) is 9.20. The topological polar surface area (TPSA) is 101 Å². The van der Waals surface area contributed by atoms with Crippen molar-refractivity contribution in [2.24, 2.45) is 0 Å². The van der Waals surface area contributed by atoms with Gasteiger partial charge in [0, 0.05) is 12.2 Å². The lowest BCUT2D eigenvalue weighted by Gasteiger charge is -2.07. The lowest BCUT2D eigenvalue weighted by atomic mass is 10.4. The van der Waals surface area contributed by atoms with Crippen LogP contribution >= 0.6 is 0 Å². The summed E-state index contributed by atoms with van der Waals surface area (Å²) in [6.45, 7) is 4.71. The molecular formula is C9H13N3O4S. The molecule has 0 fully saturated rings. The molecule has 8 heteroatoms. The van der Waals surface area contributed by atoms with E-state index in [0.717, 1.165) is 17.1 Å². The number of nitrogens with zero attached hydrogens (tertiary/aromatic N) is 2. The highest BCUT2D eigenvalue weighted by molar-refractivity contribution is 7.89. The molecule has 94 valence electrons. The molecule has 7 nitrogen and oxygen atoms in total. The number of carbonyl (C=O) groups is 1. The van der Waals surface area contributed by atoms with Gasteiger partial charge in [-0.3, -0.25) is 9.48 Å². The Morgan fingerprint density at radius 1 is 1.76 bits per heavy atom. The van der Waals surface area contributed by atoms with E-state index in [1.165, 1.54) is 6.08 Å². The summed E-state index contributed by atoms with van der Waals surface area (Å²) >= 11 is 0. The Labute approximate surface area is 98.8 Å². The quantitative estimate of drug-likeness (QED) is 0.690. The first kappa shape index (κ1) is 13.4. The lowest BCUT2D eigenvalue weighted by molar-refractivity contribution is -0.137.